The first-order valence-corrected chi connectivity index (χ1v) is 6.65. The van der Waals surface area contributed by atoms with Crippen molar-refractivity contribution in [3.63, 3.8) is 0 Å². The molecule has 0 saturated carbocycles. The SMILES string of the molecule is CN(CC1CCSC1)CC(C)(C)CN. The summed E-state index contributed by atoms with van der Waals surface area (Å²) in [5, 5.41) is 0. The predicted octanol–water partition coefficient (Wildman–Crippen LogP) is 1.66. The smallest absolute Gasteiger partial charge is 0.00418 e. The number of nitrogens with zero attached hydrogens (tertiary/aromatic N) is 1. The van der Waals surface area contributed by atoms with Crippen LogP contribution in [0.3, 0.4) is 0 Å². The van der Waals surface area contributed by atoms with Crippen molar-refractivity contribution >= 4 is 11.8 Å². The quantitative estimate of drug-likeness (QED) is 0.758. The molecule has 0 amide bonds. The van der Waals surface area contributed by atoms with Crippen molar-refractivity contribution in [3.8, 4) is 0 Å². The first-order valence-electron chi connectivity index (χ1n) is 5.50. The van der Waals surface area contributed by atoms with Crippen molar-refractivity contribution in [2.75, 3.05) is 38.2 Å². The average Bonchev–Trinajstić information content (AvgIpc) is 2.55. The van der Waals surface area contributed by atoms with Crippen LogP contribution in [0.25, 0.3) is 0 Å². The van der Waals surface area contributed by atoms with Crippen molar-refractivity contribution in [2.45, 2.75) is 20.3 Å². The van der Waals surface area contributed by atoms with Crippen LogP contribution >= 0.6 is 11.8 Å². The van der Waals surface area contributed by atoms with E-state index in [-0.39, 0.29) is 5.41 Å². The van der Waals surface area contributed by atoms with Gasteiger partial charge in [-0.1, -0.05) is 13.8 Å². The Bertz CT molecular complexity index is 165. The van der Waals surface area contributed by atoms with Crippen LogP contribution in [0.4, 0.5) is 0 Å². The fourth-order valence-electron chi connectivity index (χ4n) is 2.03. The summed E-state index contributed by atoms with van der Waals surface area (Å²) in [7, 11) is 2.22. The number of nitrogens with two attached hydrogens (primary N) is 1. The first kappa shape index (κ1) is 12.3. The Morgan fingerprint density at radius 3 is 2.71 bits per heavy atom. The van der Waals surface area contributed by atoms with Crippen LogP contribution in [-0.2, 0) is 0 Å². The Hall–Kier alpha value is 0.270. The summed E-state index contributed by atoms with van der Waals surface area (Å²) in [6, 6.07) is 0. The van der Waals surface area contributed by atoms with Gasteiger partial charge in [-0.3, -0.25) is 0 Å². The third-order valence-corrected chi connectivity index (χ3v) is 4.08. The molecule has 1 rings (SSSR count). The highest BCUT2D eigenvalue weighted by Crippen LogP contribution is 2.24. The van der Waals surface area contributed by atoms with E-state index in [4.69, 9.17) is 5.73 Å². The summed E-state index contributed by atoms with van der Waals surface area (Å²) >= 11 is 2.10. The summed E-state index contributed by atoms with van der Waals surface area (Å²) in [6.45, 7) is 7.62. The minimum absolute atomic E-state index is 0.264. The minimum atomic E-state index is 0.264. The van der Waals surface area contributed by atoms with E-state index in [1.807, 2.05) is 0 Å². The molecule has 2 N–H and O–H groups in total. The molecule has 3 heteroatoms. The maximum atomic E-state index is 5.73. The molecule has 0 aliphatic carbocycles. The Kier molecular flexibility index (Phi) is 4.74. The lowest BCUT2D eigenvalue weighted by molar-refractivity contribution is 0.196. The van der Waals surface area contributed by atoms with Gasteiger partial charge in [0.1, 0.15) is 0 Å². The highest BCUT2D eigenvalue weighted by Gasteiger charge is 2.22. The number of thioether (sulfide) groups is 1. The molecule has 1 atom stereocenters. The lowest BCUT2D eigenvalue weighted by atomic mass is 9.93. The van der Waals surface area contributed by atoms with Crippen LogP contribution in [0, 0.1) is 11.3 Å². The first-order chi connectivity index (χ1) is 6.53. The van der Waals surface area contributed by atoms with Gasteiger partial charge in [0.15, 0.2) is 0 Å². The average molecular weight is 216 g/mol. The van der Waals surface area contributed by atoms with E-state index >= 15 is 0 Å². The molecule has 84 valence electrons. The highest BCUT2D eigenvalue weighted by atomic mass is 32.2. The normalized spacial score (nSPS) is 23.4. The zero-order valence-electron chi connectivity index (χ0n) is 9.75. The van der Waals surface area contributed by atoms with Gasteiger partial charge in [-0.2, -0.15) is 11.8 Å². The summed E-state index contributed by atoms with van der Waals surface area (Å²) in [5.41, 5.74) is 6.00. The number of hydrogen-bond donors (Lipinski definition) is 1. The second kappa shape index (κ2) is 5.38. The fraction of sp³-hybridized carbons (Fsp3) is 1.00. The zero-order valence-corrected chi connectivity index (χ0v) is 10.6. The molecule has 14 heavy (non-hydrogen) atoms. The molecule has 1 saturated heterocycles. The van der Waals surface area contributed by atoms with Gasteiger partial charge >= 0.3 is 0 Å². The molecule has 0 radical (unpaired) electrons. The van der Waals surface area contributed by atoms with E-state index in [1.165, 1.54) is 24.5 Å². The topological polar surface area (TPSA) is 29.3 Å². The van der Waals surface area contributed by atoms with Crippen LogP contribution in [-0.4, -0.2) is 43.1 Å². The van der Waals surface area contributed by atoms with Gasteiger partial charge < -0.3 is 10.6 Å². The third kappa shape index (κ3) is 4.20. The van der Waals surface area contributed by atoms with Crippen LogP contribution in [0.15, 0.2) is 0 Å². The van der Waals surface area contributed by atoms with Gasteiger partial charge in [-0.25, -0.2) is 0 Å². The standard InChI is InChI=1S/C11H24N2S/c1-11(2,8-12)9-13(3)6-10-4-5-14-7-10/h10H,4-9,12H2,1-3H3. The van der Waals surface area contributed by atoms with E-state index in [9.17, 15) is 0 Å². The Balaban J connectivity index is 2.23. The molecule has 1 unspecified atom stereocenters. The number of hydrogen-bond acceptors (Lipinski definition) is 3. The van der Waals surface area contributed by atoms with E-state index in [1.54, 1.807) is 0 Å². The Labute approximate surface area is 92.6 Å². The summed E-state index contributed by atoms with van der Waals surface area (Å²) in [6.07, 6.45) is 1.40. The molecule has 1 fully saturated rings. The molecule has 0 aromatic heterocycles. The van der Waals surface area contributed by atoms with Gasteiger partial charge in [0.05, 0.1) is 0 Å². The van der Waals surface area contributed by atoms with Crippen LogP contribution in [0.2, 0.25) is 0 Å². The summed E-state index contributed by atoms with van der Waals surface area (Å²) in [4.78, 5) is 2.45. The van der Waals surface area contributed by atoms with E-state index < -0.39 is 0 Å². The van der Waals surface area contributed by atoms with Crippen LogP contribution < -0.4 is 5.73 Å². The minimum Gasteiger partial charge on any atom is -0.330 e. The van der Waals surface area contributed by atoms with Crippen LogP contribution in [0.1, 0.15) is 20.3 Å². The second-order valence-electron chi connectivity index (χ2n) is 5.29. The molecule has 0 spiro atoms. The highest BCUT2D eigenvalue weighted by molar-refractivity contribution is 7.99. The van der Waals surface area contributed by atoms with Crippen molar-refractivity contribution in [3.05, 3.63) is 0 Å². The largest absolute Gasteiger partial charge is 0.330 e. The molecule has 2 nitrogen and oxygen atoms in total. The monoisotopic (exact) mass is 216 g/mol. The molecule has 0 aromatic carbocycles. The van der Waals surface area contributed by atoms with E-state index in [0.717, 1.165) is 19.0 Å². The van der Waals surface area contributed by atoms with Crippen molar-refractivity contribution in [2.24, 2.45) is 17.1 Å². The second-order valence-corrected chi connectivity index (χ2v) is 6.44. The van der Waals surface area contributed by atoms with E-state index in [0.29, 0.717) is 0 Å². The van der Waals surface area contributed by atoms with Gasteiger partial charge in [-0.05, 0) is 42.9 Å². The third-order valence-electron chi connectivity index (χ3n) is 2.84. The fourth-order valence-corrected chi connectivity index (χ4v) is 3.30. The molecule has 0 bridgehead atoms. The molecule has 0 aromatic rings. The molecule has 1 aliphatic heterocycles. The van der Waals surface area contributed by atoms with Crippen molar-refractivity contribution in [1.82, 2.24) is 4.90 Å². The Morgan fingerprint density at radius 1 is 1.50 bits per heavy atom. The lowest BCUT2D eigenvalue weighted by Crippen LogP contribution is -2.38. The molecular formula is C11H24N2S. The summed E-state index contributed by atoms with van der Waals surface area (Å²) in [5.74, 6) is 3.63. The van der Waals surface area contributed by atoms with Crippen molar-refractivity contribution < 1.29 is 0 Å². The van der Waals surface area contributed by atoms with E-state index in [2.05, 4.69) is 37.6 Å². The Morgan fingerprint density at radius 2 is 2.21 bits per heavy atom. The predicted molar refractivity (Wildman–Crippen MR) is 65.8 cm³/mol. The van der Waals surface area contributed by atoms with Crippen molar-refractivity contribution in [1.29, 1.82) is 0 Å². The maximum absolute atomic E-state index is 5.73. The van der Waals surface area contributed by atoms with Crippen LogP contribution in [0.5, 0.6) is 0 Å². The molecule has 1 heterocycles. The summed E-state index contributed by atoms with van der Waals surface area (Å²) < 4.78 is 0. The maximum Gasteiger partial charge on any atom is 0.00418 e. The van der Waals surface area contributed by atoms with Gasteiger partial charge in [0.25, 0.3) is 0 Å². The van der Waals surface area contributed by atoms with Gasteiger partial charge in [0.2, 0.25) is 0 Å². The number of rotatable bonds is 5. The lowest BCUT2D eigenvalue weighted by Gasteiger charge is -2.30. The molecular weight excluding hydrogens is 192 g/mol. The molecule has 1 aliphatic rings. The van der Waals surface area contributed by atoms with Gasteiger partial charge in [-0.15, -0.1) is 0 Å². The van der Waals surface area contributed by atoms with Gasteiger partial charge in [0, 0.05) is 13.1 Å². The zero-order chi connectivity index (χ0) is 10.6.